The largest absolute Gasteiger partial charge is 0.298 e. The molecule has 0 saturated carbocycles. The molecule has 0 atom stereocenters. The predicted octanol–water partition coefficient (Wildman–Crippen LogP) is 7.96. The number of benzene rings is 4. The first kappa shape index (κ1) is 23.4. The highest BCUT2D eigenvalue weighted by molar-refractivity contribution is 7.19. The fourth-order valence-corrected chi connectivity index (χ4v) is 4.84. The monoisotopic (exact) mass is 511 g/mol. The van der Waals surface area contributed by atoms with Crippen LogP contribution >= 0.6 is 22.9 Å². The van der Waals surface area contributed by atoms with Gasteiger partial charge in [0.05, 0.1) is 15.5 Å². The van der Waals surface area contributed by atoms with Gasteiger partial charge in [-0.05, 0) is 53.1 Å². The second-order valence-electron chi connectivity index (χ2n) is 7.91. The topological polar surface area (TPSA) is 85.1 Å². The van der Waals surface area contributed by atoms with Crippen molar-refractivity contribution in [2.24, 2.45) is 0 Å². The van der Waals surface area contributed by atoms with E-state index in [9.17, 15) is 14.9 Å². The number of aromatic nitrogens is 1. The number of rotatable bonds is 6. The molecule has 5 rings (SSSR count). The van der Waals surface area contributed by atoms with Crippen molar-refractivity contribution in [3.63, 3.8) is 0 Å². The molecule has 1 amide bonds. The van der Waals surface area contributed by atoms with Crippen LogP contribution in [0.3, 0.4) is 0 Å². The minimum absolute atomic E-state index is 0.00509. The molecule has 0 fully saturated rings. The number of nitro benzene ring substituents is 1. The Morgan fingerprint density at radius 1 is 0.778 bits per heavy atom. The average Bonchev–Trinajstić information content (AvgIpc) is 3.33. The van der Waals surface area contributed by atoms with Gasteiger partial charge in [-0.1, -0.05) is 77.5 Å². The van der Waals surface area contributed by atoms with Crippen LogP contribution in [-0.4, -0.2) is 15.8 Å². The number of amides is 1. The summed E-state index contributed by atoms with van der Waals surface area (Å²) in [6.45, 7) is 0. The molecule has 0 aliphatic rings. The van der Waals surface area contributed by atoms with Crippen LogP contribution in [0.25, 0.3) is 32.8 Å². The summed E-state index contributed by atoms with van der Waals surface area (Å²) in [6, 6.07) is 30.8. The summed E-state index contributed by atoms with van der Waals surface area (Å²) in [5.41, 5.74) is 4.79. The van der Waals surface area contributed by atoms with Crippen molar-refractivity contribution in [3.05, 3.63) is 124 Å². The van der Waals surface area contributed by atoms with E-state index in [2.05, 4.69) is 10.3 Å². The van der Waals surface area contributed by atoms with E-state index >= 15 is 0 Å². The van der Waals surface area contributed by atoms with Gasteiger partial charge in [-0.3, -0.25) is 20.2 Å². The van der Waals surface area contributed by atoms with Gasteiger partial charge in [-0.25, -0.2) is 4.98 Å². The molecule has 36 heavy (non-hydrogen) atoms. The van der Waals surface area contributed by atoms with Gasteiger partial charge in [0, 0.05) is 28.3 Å². The summed E-state index contributed by atoms with van der Waals surface area (Å²) in [4.78, 5) is 29.1. The predicted molar refractivity (Wildman–Crippen MR) is 144 cm³/mol. The summed E-state index contributed by atoms with van der Waals surface area (Å²) in [5.74, 6) is -0.277. The number of hydrogen-bond donors (Lipinski definition) is 1. The number of nitro groups is 1. The lowest BCUT2D eigenvalue weighted by Crippen LogP contribution is -2.11. The molecule has 6 nitrogen and oxygen atoms in total. The number of anilines is 1. The second-order valence-corrected chi connectivity index (χ2v) is 9.34. The smallest absolute Gasteiger partial charge is 0.269 e. The van der Waals surface area contributed by atoms with Gasteiger partial charge in [0.15, 0.2) is 5.13 Å². The lowest BCUT2D eigenvalue weighted by atomic mass is 10.0. The first-order valence-corrected chi connectivity index (χ1v) is 12.2. The van der Waals surface area contributed by atoms with Crippen LogP contribution in [0.4, 0.5) is 10.8 Å². The highest BCUT2D eigenvalue weighted by Gasteiger charge is 2.18. The maximum absolute atomic E-state index is 13.0. The summed E-state index contributed by atoms with van der Waals surface area (Å²) in [6.07, 6.45) is 0. The fourth-order valence-electron chi connectivity index (χ4n) is 3.72. The zero-order valence-corrected chi connectivity index (χ0v) is 20.3. The van der Waals surface area contributed by atoms with Gasteiger partial charge in [0.2, 0.25) is 0 Å². The van der Waals surface area contributed by atoms with Gasteiger partial charge in [0.25, 0.3) is 11.6 Å². The third kappa shape index (κ3) is 5.02. The van der Waals surface area contributed by atoms with Crippen LogP contribution in [-0.2, 0) is 0 Å². The minimum atomic E-state index is -0.445. The van der Waals surface area contributed by atoms with Gasteiger partial charge in [-0.2, -0.15) is 0 Å². The van der Waals surface area contributed by atoms with Crippen molar-refractivity contribution in [1.82, 2.24) is 4.98 Å². The Hall–Kier alpha value is -4.33. The second kappa shape index (κ2) is 10.1. The molecule has 0 bridgehead atoms. The molecule has 8 heteroatoms. The van der Waals surface area contributed by atoms with Crippen LogP contribution in [0.5, 0.6) is 0 Å². The Balaban J connectivity index is 1.45. The van der Waals surface area contributed by atoms with E-state index in [4.69, 9.17) is 11.6 Å². The van der Waals surface area contributed by atoms with Crippen LogP contribution in [0.2, 0.25) is 5.02 Å². The van der Waals surface area contributed by atoms with Crippen molar-refractivity contribution >= 4 is 39.7 Å². The van der Waals surface area contributed by atoms with Crippen LogP contribution in [0.15, 0.2) is 103 Å². The molecular formula is C28H18ClN3O3S. The van der Waals surface area contributed by atoms with E-state index in [0.29, 0.717) is 27.0 Å². The summed E-state index contributed by atoms with van der Waals surface area (Å²) in [5, 5.41) is 15.0. The first-order valence-electron chi connectivity index (χ1n) is 11.0. The molecule has 4 aromatic carbocycles. The number of nitrogens with one attached hydrogen (secondary N) is 1. The number of hydrogen-bond acceptors (Lipinski definition) is 5. The van der Waals surface area contributed by atoms with Crippen molar-refractivity contribution in [2.75, 3.05) is 5.32 Å². The Morgan fingerprint density at radius 2 is 1.36 bits per heavy atom. The SMILES string of the molecule is O=C(Nc1nc(-c2ccc([N+](=O)[O-])cc2)c(-c2ccc(Cl)cc2)s1)c1ccc(-c2ccccc2)cc1. The zero-order chi connectivity index (χ0) is 25.1. The molecule has 1 heterocycles. The first-order chi connectivity index (χ1) is 17.5. The van der Waals surface area contributed by atoms with E-state index in [1.165, 1.54) is 23.5 Å². The number of non-ortho nitro benzene ring substituents is 1. The molecule has 5 aromatic rings. The standard InChI is InChI=1S/C28H18ClN3O3S/c29-23-14-10-21(11-15-23)26-25(20-12-16-24(17-13-20)32(34)35)30-28(36-26)31-27(33)22-8-6-19(7-9-22)18-4-2-1-3-5-18/h1-17H,(H,30,31,33). The Morgan fingerprint density at radius 3 is 2.00 bits per heavy atom. The number of carbonyl (C=O) groups is 1. The van der Waals surface area contributed by atoms with Crippen molar-refractivity contribution < 1.29 is 9.72 Å². The van der Waals surface area contributed by atoms with E-state index in [-0.39, 0.29) is 11.6 Å². The van der Waals surface area contributed by atoms with Crippen molar-refractivity contribution in [1.29, 1.82) is 0 Å². The van der Waals surface area contributed by atoms with E-state index < -0.39 is 4.92 Å². The fraction of sp³-hybridized carbons (Fsp3) is 0. The molecule has 0 radical (unpaired) electrons. The van der Waals surface area contributed by atoms with E-state index in [0.717, 1.165) is 21.6 Å². The molecule has 0 unspecified atom stereocenters. The van der Waals surface area contributed by atoms with Gasteiger partial charge >= 0.3 is 0 Å². The average molecular weight is 512 g/mol. The summed E-state index contributed by atoms with van der Waals surface area (Å²) in [7, 11) is 0. The number of nitrogens with zero attached hydrogens (tertiary/aromatic N) is 2. The molecule has 0 saturated heterocycles. The Labute approximate surface area is 216 Å². The van der Waals surface area contributed by atoms with Crippen LogP contribution in [0.1, 0.15) is 10.4 Å². The van der Waals surface area contributed by atoms with E-state index in [1.807, 2.05) is 54.6 Å². The zero-order valence-electron chi connectivity index (χ0n) is 18.7. The van der Waals surface area contributed by atoms with Crippen LogP contribution in [0, 0.1) is 10.1 Å². The molecule has 176 valence electrons. The van der Waals surface area contributed by atoms with Gasteiger partial charge < -0.3 is 0 Å². The summed E-state index contributed by atoms with van der Waals surface area (Å²) < 4.78 is 0. The maximum Gasteiger partial charge on any atom is 0.269 e. The molecule has 1 N–H and O–H groups in total. The third-order valence-electron chi connectivity index (χ3n) is 5.56. The molecule has 0 aliphatic carbocycles. The van der Waals surface area contributed by atoms with E-state index in [1.54, 1.807) is 36.4 Å². The minimum Gasteiger partial charge on any atom is -0.298 e. The molecule has 0 aliphatic heterocycles. The number of carbonyl (C=O) groups excluding carboxylic acids is 1. The normalized spacial score (nSPS) is 10.7. The maximum atomic E-state index is 13.0. The van der Waals surface area contributed by atoms with Gasteiger partial charge in [-0.15, -0.1) is 0 Å². The summed E-state index contributed by atoms with van der Waals surface area (Å²) >= 11 is 7.39. The highest BCUT2D eigenvalue weighted by Crippen LogP contribution is 2.40. The number of thiazole rings is 1. The Kier molecular flexibility index (Phi) is 6.58. The highest BCUT2D eigenvalue weighted by atomic mass is 35.5. The van der Waals surface area contributed by atoms with Crippen molar-refractivity contribution in [2.45, 2.75) is 0 Å². The molecule has 0 spiro atoms. The molecule has 1 aromatic heterocycles. The Bertz CT molecular complexity index is 1530. The third-order valence-corrected chi connectivity index (χ3v) is 6.83. The van der Waals surface area contributed by atoms with Crippen molar-refractivity contribution in [3.8, 4) is 32.8 Å². The van der Waals surface area contributed by atoms with Gasteiger partial charge in [0.1, 0.15) is 0 Å². The lowest BCUT2D eigenvalue weighted by molar-refractivity contribution is -0.384. The quantitative estimate of drug-likeness (QED) is 0.185. The molecular weight excluding hydrogens is 494 g/mol. The lowest BCUT2D eigenvalue weighted by Gasteiger charge is -2.04. The number of halogens is 1. The van der Waals surface area contributed by atoms with Crippen LogP contribution < -0.4 is 5.32 Å².